The Morgan fingerprint density at radius 3 is 2.77 bits per heavy atom. The molecule has 0 atom stereocenters. The van der Waals surface area contributed by atoms with Crippen molar-refractivity contribution in [3.8, 4) is 0 Å². The van der Waals surface area contributed by atoms with Crippen LogP contribution in [0.4, 0.5) is 5.69 Å². The SMILES string of the molecule is CCCCN(C)C(=O)Cn1c(CCC)nc2c(N)cccc21. The summed E-state index contributed by atoms with van der Waals surface area (Å²) in [5.41, 5.74) is 8.43. The van der Waals surface area contributed by atoms with E-state index in [0.29, 0.717) is 12.2 Å². The molecule has 2 rings (SSSR count). The van der Waals surface area contributed by atoms with Gasteiger partial charge in [-0.25, -0.2) is 4.98 Å². The number of aromatic nitrogens is 2. The van der Waals surface area contributed by atoms with Crippen LogP contribution in [0.25, 0.3) is 11.0 Å². The van der Waals surface area contributed by atoms with Gasteiger partial charge in [0, 0.05) is 20.0 Å². The molecule has 0 aliphatic carbocycles. The van der Waals surface area contributed by atoms with Gasteiger partial charge in [-0.3, -0.25) is 4.79 Å². The van der Waals surface area contributed by atoms with Crippen LogP contribution < -0.4 is 5.73 Å². The van der Waals surface area contributed by atoms with Crippen molar-refractivity contribution < 1.29 is 4.79 Å². The van der Waals surface area contributed by atoms with E-state index in [2.05, 4.69) is 18.8 Å². The van der Waals surface area contributed by atoms with Gasteiger partial charge in [-0.05, 0) is 25.0 Å². The standard InChI is InChI=1S/C17H26N4O/c1-4-6-11-20(3)16(22)12-21-14-10-7-9-13(18)17(14)19-15(21)8-5-2/h7,9-10H,4-6,8,11-12,18H2,1-3H3. The highest BCUT2D eigenvalue weighted by Crippen LogP contribution is 2.22. The maximum absolute atomic E-state index is 12.4. The Morgan fingerprint density at radius 2 is 2.09 bits per heavy atom. The molecule has 0 spiro atoms. The summed E-state index contributed by atoms with van der Waals surface area (Å²) < 4.78 is 2.01. The van der Waals surface area contributed by atoms with Crippen LogP contribution in [0.1, 0.15) is 38.9 Å². The zero-order valence-corrected chi connectivity index (χ0v) is 13.8. The molecule has 22 heavy (non-hydrogen) atoms. The average Bonchev–Trinajstić information content (AvgIpc) is 2.85. The Balaban J connectivity index is 2.30. The van der Waals surface area contributed by atoms with Crippen LogP contribution in [0.5, 0.6) is 0 Å². The monoisotopic (exact) mass is 302 g/mol. The van der Waals surface area contributed by atoms with Gasteiger partial charge in [-0.1, -0.05) is 26.3 Å². The number of hydrogen-bond acceptors (Lipinski definition) is 3. The fourth-order valence-corrected chi connectivity index (χ4v) is 2.58. The average molecular weight is 302 g/mol. The fourth-order valence-electron chi connectivity index (χ4n) is 2.58. The smallest absolute Gasteiger partial charge is 0.242 e. The zero-order valence-electron chi connectivity index (χ0n) is 13.8. The third kappa shape index (κ3) is 3.40. The van der Waals surface area contributed by atoms with Crippen molar-refractivity contribution in [3.63, 3.8) is 0 Å². The summed E-state index contributed by atoms with van der Waals surface area (Å²) in [4.78, 5) is 18.9. The molecule has 2 aromatic rings. The van der Waals surface area contributed by atoms with Crippen molar-refractivity contribution in [2.24, 2.45) is 0 Å². The Morgan fingerprint density at radius 1 is 1.32 bits per heavy atom. The summed E-state index contributed by atoms with van der Waals surface area (Å²) in [5.74, 6) is 1.06. The molecule has 5 heteroatoms. The number of rotatable bonds is 7. The molecule has 5 nitrogen and oxygen atoms in total. The highest BCUT2D eigenvalue weighted by Gasteiger charge is 2.16. The molecule has 0 aliphatic rings. The van der Waals surface area contributed by atoms with Gasteiger partial charge >= 0.3 is 0 Å². The molecule has 0 saturated heterocycles. The van der Waals surface area contributed by atoms with Crippen LogP contribution in [0.2, 0.25) is 0 Å². The van der Waals surface area contributed by atoms with Crippen molar-refractivity contribution in [2.75, 3.05) is 19.3 Å². The normalized spacial score (nSPS) is 11.0. The second-order valence-electron chi connectivity index (χ2n) is 5.75. The molecule has 1 amide bonds. The number of carbonyl (C=O) groups is 1. The first-order chi connectivity index (χ1) is 10.6. The van der Waals surface area contributed by atoms with Crippen LogP contribution in [0.15, 0.2) is 18.2 Å². The number of unbranched alkanes of at least 4 members (excludes halogenated alkanes) is 1. The molecular formula is C17H26N4O. The molecule has 120 valence electrons. The zero-order chi connectivity index (χ0) is 16.1. The minimum Gasteiger partial charge on any atom is -0.397 e. The summed E-state index contributed by atoms with van der Waals surface area (Å²) in [7, 11) is 1.87. The lowest BCUT2D eigenvalue weighted by Gasteiger charge is -2.18. The van der Waals surface area contributed by atoms with Crippen LogP contribution >= 0.6 is 0 Å². The molecule has 1 aromatic carbocycles. The minimum atomic E-state index is 0.118. The third-order valence-electron chi connectivity index (χ3n) is 3.93. The molecule has 1 heterocycles. The molecule has 0 aliphatic heterocycles. The summed E-state index contributed by atoms with van der Waals surface area (Å²) in [5, 5.41) is 0. The van der Waals surface area contributed by atoms with E-state index in [0.717, 1.165) is 49.1 Å². The molecule has 1 aromatic heterocycles. The Labute approximate surface area is 132 Å². The van der Waals surface area contributed by atoms with Gasteiger partial charge in [0.2, 0.25) is 5.91 Å². The van der Waals surface area contributed by atoms with Crippen molar-refractivity contribution >= 4 is 22.6 Å². The number of para-hydroxylation sites is 1. The van der Waals surface area contributed by atoms with Crippen LogP contribution in [0, 0.1) is 0 Å². The largest absolute Gasteiger partial charge is 0.397 e. The van der Waals surface area contributed by atoms with Gasteiger partial charge in [-0.15, -0.1) is 0 Å². The predicted octanol–water partition coefficient (Wildman–Crippen LogP) is 2.83. The second kappa shape index (κ2) is 7.29. The highest BCUT2D eigenvalue weighted by atomic mass is 16.2. The van der Waals surface area contributed by atoms with Crippen molar-refractivity contribution in [3.05, 3.63) is 24.0 Å². The van der Waals surface area contributed by atoms with Gasteiger partial charge < -0.3 is 15.2 Å². The minimum absolute atomic E-state index is 0.118. The second-order valence-corrected chi connectivity index (χ2v) is 5.75. The number of fused-ring (bicyclic) bond motifs is 1. The summed E-state index contributed by atoms with van der Waals surface area (Å²) >= 11 is 0. The Hall–Kier alpha value is -2.04. The van der Waals surface area contributed by atoms with Gasteiger partial charge in [-0.2, -0.15) is 0 Å². The molecular weight excluding hydrogens is 276 g/mol. The third-order valence-corrected chi connectivity index (χ3v) is 3.93. The molecule has 2 N–H and O–H groups in total. The van der Waals surface area contributed by atoms with E-state index in [4.69, 9.17) is 5.73 Å². The first-order valence-corrected chi connectivity index (χ1v) is 8.06. The van der Waals surface area contributed by atoms with Crippen molar-refractivity contribution in [2.45, 2.75) is 46.1 Å². The number of amides is 1. The fraction of sp³-hybridized carbons (Fsp3) is 0.529. The van der Waals surface area contributed by atoms with E-state index >= 15 is 0 Å². The lowest BCUT2D eigenvalue weighted by atomic mass is 10.2. The Kier molecular flexibility index (Phi) is 5.41. The number of nitrogen functional groups attached to an aromatic ring is 1. The van der Waals surface area contributed by atoms with Crippen molar-refractivity contribution in [1.29, 1.82) is 0 Å². The van der Waals surface area contributed by atoms with Crippen LogP contribution in [0.3, 0.4) is 0 Å². The number of anilines is 1. The van der Waals surface area contributed by atoms with E-state index in [1.807, 2.05) is 29.8 Å². The number of benzene rings is 1. The van der Waals surface area contributed by atoms with E-state index in [9.17, 15) is 4.79 Å². The lowest BCUT2D eigenvalue weighted by Crippen LogP contribution is -2.31. The number of nitrogens with zero attached hydrogens (tertiary/aromatic N) is 3. The van der Waals surface area contributed by atoms with Gasteiger partial charge in [0.25, 0.3) is 0 Å². The van der Waals surface area contributed by atoms with E-state index < -0.39 is 0 Å². The van der Waals surface area contributed by atoms with E-state index in [-0.39, 0.29) is 5.91 Å². The highest BCUT2D eigenvalue weighted by molar-refractivity contribution is 5.89. The topological polar surface area (TPSA) is 64.2 Å². The van der Waals surface area contributed by atoms with E-state index in [1.54, 1.807) is 4.90 Å². The molecule has 0 bridgehead atoms. The first kappa shape index (κ1) is 16.3. The number of imidazole rings is 1. The first-order valence-electron chi connectivity index (χ1n) is 8.06. The maximum atomic E-state index is 12.4. The Bertz CT molecular complexity index is 647. The number of likely N-dealkylation sites (N-methyl/N-ethyl adjacent to an activating group) is 1. The number of hydrogen-bond donors (Lipinski definition) is 1. The van der Waals surface area contributed by atoms with Crippen LogP contribution in [-0.2, 0) is 17.8 Å². The van der Waals surface area contributed by atoms with Crippen LogP contribution in [-0.4, -0.2) is 34.0 Å². The van der Waals surface area contributed by atoms with Crippen molar-refractivity contribution in [1.82, 2.24) is 14.5 Å². The number of carbonyl (C=O) groups excluding carboxylic acids is 1. The quantitative estimate of drug-likeness (QED) is 0.800. The van der Waals surface area contributed by atoms with Gasteiger partial charge in [0.15, 0.2) is 0 Å². The lowest BCUT2D eigenvalue weighted by molar-refractivity contribution is -0.130. The summed E-state index contributed by atoms with van der Waals surface area (Å²) in [6.45, 7) is 5.37. The number of nitrogens with two attached hydrogens (primary N) is 1. The number of aryl methyl sites for hydroxylation is 1. The van der Waals surface area contributed by atoms with Gasteiger partial charge in [0.1, 0.15) is 17.9 Å². The van der Waals surface area contributed by atoms with Gasteiger partial charge in [0.05, 0.1) is 11.2 Å². The molecule has 0 saturated carbocycles. The molecule has 0 unspecified atom stereocenters. The summed E-state index contributed by atoms with van der Waals surface area (Å²) in [6, 6.07) is 5.75. The maximum Gasteiger partial charge on any atom is 0.242 e. The van der Waals surface area contributed by atoms with E-state index in [1.165, 1.54) is 0 Å². The predicted molar refractivity (Wildman–Crippen MR) is 90.7 cm³/mol. The summed E-state index contributed by atoms with van der Waals surface area (Å²) in [6.07, 6.45) is 3.95. The molecule has 0 fully saturated rings. The molecule has 0 radical (unpaired) electrons.